The molecule has 2 amide bonds. The lowest BCUT2D eigenvalue weighted by atomic mass is 10.1. The van der Waals surface area contributed by atoms with E-state index in [0.29, 0.717) is 11.7 Å². The average molecular weight is 399 g/mol. The van der Waals surface area contributed by atoms with Crippen LogP contribution in [0.15, 0.2) is 52.5 Å². The van der Waals surface area contributed by atoms with Gasteiger partial charge in [0.05, 0.1) is 25.1 Å². The molecule has 2 heterocycles. The molecule has 2 aromatic heterocycles. The zero-order chi connectivity index (χ0) is 19.9. The Bertz CT molecular complexity index is 952. The predicted octanol–water partition coefficient (Wildman–Crippen LogP) is 2.38. The van der Waals surface area contributed by atoms with Gasteiger partial charge in [-0.15, -0.1) is 10.2 Å². The number of hydrogen-bond acceptors (Lipinski definition) is 6. The van der Waals surface area contributed by atoms with Gasteiger partial charge in [-0.3, -0.25) is 9.59 Å². The molecule has 146 valence electrons. The maximum atomic E-state index is 12.1. The van der Waals surface area contributed by atoms with Gasteiger partial charge >= 0.3 is 0 Å². The molecular weight excluding hydrogens is 378 g/mol. The van der Waals surface area contributed by atoms with Crippen LogP contribution in [0.25, 0.3) is 0 Å². The molecule has 0 bridgehead atoms. The second-order valence-electron chi connectivity index (χ2n) is 6.18. The van der Waals surface area contributed by atoms with Gasteiger partial charge < -0.3 is 19.6 Å². The van der Waals surface area contributed by atoms with Crippen LogP contribution >= 0.6 is 11.8 Å². The van der Waals surface area contributed by atoms with E-state index in [1.807, 2.05) is 44.2 Å². The Morgan fingerprint density at radius 3 is 2.82 bits per heavy atom. The Morgan fingerprint density at radius 2 is 2.04 bits per heavy atom. The third kappa shape index (κ3) is 5.23. The Hall–Kier alpha value is -3.07. The first-order valence-corrected chi connectivity index (χ1v) is 9.67. The Balaban J connectivity index is 1.44. The summed E-state index contributed by atoms with van der Waals surface area (Å²) in [5.41, 5.74) is 2.85. The van der Waals surface area contributed by atoms with Crippen LogP contribution in [0.1, 0.15) is 16.9 Å². The summed E-state index contributed by atoms with van der Waals surface area (Å²) in [4.78, 5) is 24.1. The van der Waals surface area contributed by atoms with Crippen LogP contribution in [-0.4, -0.2) is 38.9 Å². The lowest BCUT2D eigenvalue weighted by Crippen LogP contribution is -2.34. The van der Waals surface area contributed by atoms with E-state index >= 15 is 0 Å². The number of carbonyl (C=O) groups is 2. The van der Waals surface area contributed by atoms with E-state index < -0.39 is 0 Å². The van der Waals surface area contributed by atoms with Gasteiger partial charge in [0, 0.05) is 5.69 Å². The number of aromatic nitrogens is 3. The van der Waals surface area contributed by atoms with Gasteiger partial charge in [0.15, 0.2) is 5.16 Å². The normalized spacial score (nSPS) is 10.6. The fourth-order valence-corrected chi connectivity index (χ4v) is 3.22. The number of benzene rings is 1. The molecule has 0 radical (unpaired) electrons. The van der Waals surface area contributed by atoms with Crippen LogP contribution in [0, 0.1) is 13.8 Å². The second kappa shape index (κ2) is 9.23. The van der Waals surface area contributed by atoms with Crippen molar-refractivity contribution in [3.63, 3.8) is 0 Å². The van der Waals surface area contributed by atoms with E-state index in [4.69, 9.17) is 4.42 Å². The van der Waals surface area contributed by atoms with Crippen molar-refractivity contribution >= 4 is 29.3 Å². The maximum absolute atomic E-state index is 12.1. The molecule has 0 atom stereocenters. The van der Waals surface area contributed by atoms with E-state index in [0.717, 1.165) is 22.6 Å². The summed E-state index contributed by atoms with van der Waals surface area (Å²) in [7, 11) is 0. The molecule has 0 saturated carbocycles. The summed E-state index contributed by atoms with van der Waals surface area (Å²) in [6.45, 7) is 4.32. The lowest BCUT2D eigenvalue weighted by Gasteiger charge is -2.11. The van der Waals surface area contributed by atoms with Crippen molar-refractivity contribution in [1.82, 2.24) is 20.1 Å². The summed E-state index contributed by atoms with van der Waals surface area (Å²) in [6, 6.07) is 9.36. The van der Waals surface area contributed by atoms with E-state index in [1.165, 1.54) is 11.8 Å². The van der Waals surface area contributed by atoms with Crippen LogP contribution in [-0.2, 0) is 16.1 Å². The monoisotopic (exact) mass is 399 g/mol. The highest BCUT2D eigenvalue weighted by Crippen LogP contribution is 2.18. The molecule has 9 heteroatoms. The van der Waals surface area contributed by atoms with Gasteiger partial charge in [-0.25, -0.2) is 0 Å². The Labute approximate surface area is 166 Å². The molecule has 3 rings (SSSR count). The molecule has 3 aromatic rings. The number of nitrogens with one attached hydrogen (secondary N) is 2. The van der Waals surface area contributed by atoms with Crippen LogP contribution in [0.3, 0.4) is 0 Å². The molecule has 0 aliphatic heterocycles. The molecule has 8 nitrogen and oxygen atoms in total. The van der Waals surface area contributed by atoms with Crippen molar-refractivity contribution in [2.24, 2.45) is 0 Å². The molecule has 0 unspecified atom stereocenters. The quantitative estimate of drug-likeness (QED) is 0.564. The first kappa shape index (κ1) is 19.7. The molecular formula is C19H21N5O3S. The minimum Gasteiger partial charge on any atom is -0.467 e. The van der Waals surface area contributed by atoms with Crippen LogP contribution in [0.4, 0.5) is 5.69 Å². The highest BCUT2D eigenvalue weighted by Gasteiger charge is 2.12. The zero-order valence-corrected chi connectivity index (χ0v) is 16.5. The van der Waals surface area contributed by atoms with E-state index in [1.54, 1.807) is 17.2 Å². The number of hydrogen-bond donors (Lipinski definition) is 2. The van der Waals surface area contributed by atoms with E-state index in [9.17, 15) is 9.59 Å². The van der Waals surface area contributed by atoms with Crippen molar-refractivity contribution < 1.29 is 14.0 Å². The third-order valence-corrected chi connectivity index (χ3v) is 5.12. The highest BCUT2D eigenvalue weighted by molar-refractivity contribution is 7.99. The molecule has 0 aliphatic carbocycles. The summed E-state index contributed by atoms with van der Waals surface area (Å²) in [6.07, 6.45) is 3.18. The SMILES string of the molecule is Cc1cccc(NC(=O)CNC(=O)CSc2nncn2Cc2ccco2)c1C. The fourth-order valence-electron chi connectivity index (χ4n) is 2.48. The molecule has 0 spiro atoms. The number of nitrogens with zero attached hydrogens (tertiary/aromatic N) is 3. The zero-order valence-electron chi connectivity index (χ0n) is 15.6. The minimum atomic E-state index is -0.270. The summed E-state index contributed by atoms with van der Waals surface area (Å²) < 4.78 is 7.10. The van der Waals surface area contributed by atoms with Gasteiger partial charge in [0.1, 0.15) is 12.1 Å². The third-order valence-electron chi connectivity index (χ3n) is 4.14. The number of thioether (sulfide) groups is 1. The highest BCUT2D eigenvalue weighted by atomic mass is 32.2. The smallest absolute Gasteiger partial charge is 0.243 e. The number of rotatable bonds is 8. The topological polar surface area (TPSA) is 102 Å². The van der Waals surface area contributed by atoms with Crippen LogP contribution in [0.5, 0.6) is 0 Å². The fraction of sp³-hybridized carbons (Fsp3) is 0.263. The van der Waals surface area contributed by atoms with Crippen molar-refractivity contribution in [3.05, 3.63) is 59.8 Å². The number of anilines is 1. The largest absolute Gasteiger partial charge is 0.467 e. The van der Waals surface area contributed by atoms with Crippen molar-refractivity contribution in [3.8, 4) is 0 Å². The maximum Gasteiger partial charge on any atom is 0.243 e. The summed E-state index contributed by atoms with van der Waals surface area (Å²) in [5.74, 6) is 0.379. The lowest BCUT2D eigenvalue weighted by molar-refractivity contribution is -0.122. The minimum absolute atomic E-state index is 0.0914. The van der Waals surface area contributed by atoms with Gasteiger partial charge in [0.25, 0.3) is 0 Å². The molecule has 0 aliphatic rings. The first-order valence-electron chi connectivity index (χ1n) is 8.68. The Kier molecular flexibility index (Phi) is 6.49. The van der Waals surface area contributed by atoms with Gasteiger partial charge in [0.2, 0.25) is 11.8 Å². The molecule has 0 saturated heterocycles. The van der Waals surface area contributed by atoms with E-state index in [-0.39, 0.29) is 24.1 Å². The van der Waals surface area contributed by atoms with Gasteiger partial charge in [-0.2, -0.15) is 0 Å². The van der Waals surface area contributed by atoms with Crippen LogP contribution in [0.2, 0.25) is 0 Å². The number of carbonyl (C=O) groups excluding carboxylic acids is 2. The van der Waals surface area contributed by atoms with Crippen molar-refractivity contribution in [2.45, 2.75) is 25.5 Å². The second-order valence-corrected chi connectivity index (χ2v) is 7.12. The number of furan rings is 1. The molecule has 28 heavy (non-hydrogen) atoms. The number of aryl methyl sites for hydroxylation is 1. The summed E-state index contributed by atoms with van der Waals surface area (Å²) >= 11 is 1.25. The van der Waals surface area contributed by atoms with Crippen molar-refractivity contribution in [2.75, 3.05) is 17.6 Å². The first-order chi connectivity index (χ1) is 13.5. The predicted molar refractivity (Wildman–Crippen MR) is 106 cm³/mol. The van der Waals surface area contributed by atoms with Gasteiger partial charge in [-0.1, -0.05) is 23.9 Å². The Morgan fingerprint density at radius 1 is 1.18 bits per heavy atom. The number of amides is 2. The average Bonchev–Trinajstić information content (AvgIpc) is 3.34. The molecule has 1 aromatic carbocycles. The molecule has 2 N–H and O–H groups in total. The van der Waals surface area contributed by atoms with Crippen molar-refractivity contribution in [1.29, 1.82) is 0 Å². The molecule has 0 fully saturated rings. The van der Waals surface area contributed by atoms with Crippen LogP contribution < -0.4 is 10.6 Å². The van der Waals surface area contributed by atoms with Gasteiger partial charge in [-0.05, 0) is 43.2 Å². The van der Waals surface area contributed by atoms with E-state index in [2.05, 4.69) is 20.8 Å². The standard InChI is InChI=1S/C19H21N5O3S/c1-13-5-3-7-16(14(13)2)22-17(25)9-20-18(26)11-28-19-23-21-12-24(19)10-15-6-4-8-27-15/h3-8,12H,9-11H2,1-2H3,(H,20,26)(H,22,25). The summed E-state index contributed by atoms with van der Waals surface area (Å²) in [5, 5.41) is 13.9.